The van der Waals surface area contributed by atoms with Gasteiger partial charge >= 0.3 is 0 Å². The molecule has 142 valence electrons. The van der Waals surface area contributed by atoms with Crippen LogP contribution in [0, 0.1) is 20.8 Å². The number of ether oxygens (including phenoxy) is 1. The van der Waals surface area contributed by atoms with Gasteiger partial charge in [-0.1, -0.05) is 18.6 Å². The van der Waals surface area contributed by atoms with E-state index in [1.807, 2.05) is 0 Å². The Morgan fingerprint density at radius 2 is 2.00 bits per heavy atom. The number of aryl methyl sites for hydroxylation is 3. The lowest BCUT2D eigenvalue weighted by molar-refractivity contribution is -0.121. The molecule has 0 radical (unpaired) electrons. The smallest absolute Gasteiger partial charge is 0.224 e. The van der Waals surface area contributed by atoms with E-state index in [1.165, 1.54) is 16.5 Å². The van der Waals surface area contributed by atoms with Gasteiger partial charge in [0.1, 0.15) is 0 Å². The Hall–Kier alpha value is -1.85. The zero-order valence-corrected chi connectivity index (χ0v) is 16.4. The van der Waals surface area contributed by atoms with Crippen LogP contribution in [0.4, 0.5) is 0 Å². The third-order valence-electron chi connectivity index (χ3n) is 5.35. The summed E-state index contributed by atoms with van der Waals surface area (Å²) in [6.07, 6.45) is 1.36. The fourth-order valence-corrected chi connectivity index (χ4v) is 3.88. The third kappa shape index (κ3) is 4.27. The van der Waals surface area contributed by atoms with E-state index in [1.54, 1.807) is 0 Å². The number of aromatic nitrogens is 1. The summed E-state index contributed by atoms with van der Waals surface area (Å²) in [7, 11) is 0. The molecule has 1 aliphatic heterocycles. The number of carbonyl (C=O) groups is 1. The zero-order chi connectivity index (χ0) is 18.7. The largest absolute Gasteiger partial charge is 0.379 e. The quantitative estimate of drug-likeness (QED) is 0.836. The van der Waals surface area contributed by atoms with Crippen LogP contribution in [-0.4, -0.2) is 54.7 Å². The lowest BCUT2D eigenvalue weighted by Crippen LogP contribution is -2.47. The molecular formula is C21H31N3O2. The first-order valence-electron chi connectivity index (χ1n) is 9.65. The molecule has 2 heterocycles. The molecule has 1 aromatic heterocycles. The van der Waals surface area contributed by atoms with Gasteiger partial charge in [0, 0.05) is 42.3 Å². The van der Waals surface area contributed by atoms with Crippen molar-refractivity contribution in [2.45, 2.75) is 46.6 Å². The van der Waals surface area contributed by atoms with E-state index in [0.29, 0.717) is 6.42 Å². The Kier molecular flexibility index (Phi) is 5.99. The number of hydrogen-bond acceptors (Lipinski definition) is 3. The van der Waals surface area contributed by atoms with E-state index in [4.69, 9.17) is 4.74 Å². The molecule has 3 rings (SSSR count). The van der Waals surface area contributed by atoms with Crippen LogP contribution < -0.4 is 5.32 Å². The van der Waals surface area contributed by atoms with Gasteiger partial charge in [-0.25, -0.2) is 0 Å². The molecule has 1 saturated heterocycles. The van der Waals surface area contributed by atoms with Crippen molar-refractivity contribution in [3.63, 3.8) is 0 Å². The second-order valence-electron chi connectivity index (χ2n) is 7.50. The molecule has 1 unspecified atom stereocenters. The van der Waals surface area contributed by atoms with Crippen molar-refractivity contribution in [2.75, 3.05) is 32.8 Å². The van der Waals surface area contributed by atoms with Crippen molar-refractivity contribution in [3.8, 4) is 0 Å². The highest BCUT2D eigenvalue weighted by molar-refractivity contribution is 5.92. The Balaban J connectivity index is 1.69. The van der Waals surface area contributed by atoms with Crippen LogP contribution >= 0.6 is 0 Å². The molecule has 2 aromatic rings. The van der Waals surface area contributed by atoms with Crippen molar-refractivity contribution >= 4 is 16.8 Å². The number of benzene rings is 1. The minimum atomic E-state index is 0.105. The maximum atomic E-state index is 12.7. The van der Waals surface area contributed by atoms with Crippen molar-refractivity contribution in [1.82, 2.24) is 15.2 Å². The molecule has 5 heteroatoms. The van der Waals surface area contributed by atoms with E-state index in [2.05, 4.69) is 55.0 Å². The van der Waals surface area contributed by atoms with Crippen molar-refractivity contribution < 1.29 is 9.53 Å². The summed E-state index contributed by atoms with van der Waals surface area (Å²) in [5.74, 6) is 0.105. The predicted molar refractivity (Wildman–Crippen MR) is 106 cm³/mol. The highest BCUT2D eigenvalue weighted by Gasteiger charge is 2.19. The molecule has 0 bridgehead atoms. The molecule has 1 aromatic carbocycles. The molecule has 1 fully saturated rings. The number of carbonyl (C=O) groups excluding carboxylic acids is 1. The predicted octanol–water partition coefficient (Wildman–Crippen LogP) is 2.86. The molecule has 0 spiro atoms. The Morgan fingerprint density at radius 1 is 1.27 bits per heavy atom. The minimum absolute atomic E-state index is 0.105. The first-order valence-corrected chi connectivity index (χ1v) is 9.65. The number of nitrogens with zero attached hydrogens (tertiary/aromatic N) is 1. The average molecular weight is 357 g/mol. The molecule has 1 aliphatic rings. The summed E-state index contributed by atoms with van der Waals surface area (Å²) in [6, 6.07) is 4.55. The number of H-pyrrole nitrogens is 1. The maximum Gasteiger partial charge on any atom is 0.224 e. The SMILES string of the molecule is CCC(CN1CCOCC1)NC(=O)Cc1c(C)[nH]c2c(C)cc(C)cc12. The van der Waals surface area contributed by atoms with Gasteiger partial charge in [0.15, 0.2) is 0 Å². The Labute approximate surface area is 156 Å². The average Bonchev–Trinajstić information content (AvgIpc) is 2.91. The van der Waals surface area contributed by atoms with Gasteiger partial charge in [0.25, 0.3) is 0 Å². The Morgan fingerprint density at radius 3 is 2.69 bits per heavy atom. The van der Waals surface area contributed by atoms with Gasteiger partial charge in [0.05, 0.1) is 19.6 Å². The van der Waals surface area contributed by atoms with Gasteiger partial charge in [-0.05, 0) is 44.4 Å². The topological polar surface area (TPSA) is 57.4 Å². The van der Waals surface area contributed by atoms with E-state index < -0.39 is 0 Å². The molecule has 26 heavy (non-hydrogen) atoms. The number of nitrogens with one attached hydrogen (secondary N) is 2. The maximum absolute atomic E-state index is 12.7. The van der Waals surface area contributed by atoms with Crippen LogP contribution in [0.15, 0.2) is 12.1 Å². The number of amides is 1. The van der Waals surface area contributed by atoms with Crippen LogP contribution in [0.25, 0.3) is 10.9 Å². The zero-order valence-electron chi connectivity index (χ0n) is 16.4. The van der Waals surface area contributed by atoms with Gasteiger partial charge in [-0.3, -0.25) is 9.69 Å². The second-order valence-corrected chi connectivity index (χ2v) is 7.50. The number of rotatable bonds is 6. The molecule has 0 aliphatic carbocycles. The van der Waals surface area contributed by atoms with Crippen molar-refractivity contribution in [2.24, 2.45) is 0 Å². The summed E-state index contributed by atoms with van der Waals surface area (Å²) in [6.45, 7) is 12.8. The van der Waals surface area contributed by atoms with E-state index in [9.17, 15) is 4.79 Å². The molecule has 5 nitrogen and oxygen atoms in total. The van der Waals surface area contributed by atoms with E-state index in [0.717, 1.165) is 56.0 Å². The van der Waals surface area contributed by atoms with Crippen LogP contribution in [0.1, 0.15) is 35.7 Å². The normalized spacial score (nSPS) is 16.8. The summed E-state index contributed by atoms with van der Waals surface area (Å²) in [5.41, 5.74) is 5.81. The van der Waals surface area contributed by atoms with E-state index >= 15 is 0 Å². The number of fused-ring (bicyclic) bond motifs is 1. The lowest BCUT2D eigenvalue weighted by atomic mass is 10.0. The van der Waals surface area contributed by atoms with Gasteiger partial charge in [-0.2, -0.15) is 0 Å². The monoisotopic (exact) mass is 357 g/mol. The summed E-state index contributed by atoms with van der Waals surface area (Å²) in [5, 5.41) is 4.42. The molecular weight excluding hydrogens is 326 g/mol. The van der Waals surface area contributed by atoms with Gasteiger partial charge in [0.2, 0.25) is 5.91 Å². The fourth-order valence-electron chi connectivity index (χ4n) is 3.88. The summed E-state index contributed by atoms with van der Waals surface area (Å²) < 4.78 is 5.41. The first kappa shape index (κ1) is 18.9. The molecule has 1 atom stereocenters. The second kappa shape index (κ2) is 8.23. The molecule has 0 saturated carbocycles. The van der Waals surface area contributed by atoms with Gasteiger partial charge in [-0.15, -0.1) is 0 Å². The Bertz CT molecular complexity index is 775. The van der Waals surface area contributed by atoms with Crippen LogP contribution in [-0.2, 0) is 16.0 Å². The lowest BCUT2D eigenvalue weighted by Gasteiger charge is -2.30. The highest BCUT2D eigenvalue weighted by Crippen LogP contribution is 2.26. The number of hydrogen-bond donors (Lipinski definition) is 2. The van der Waals surface area contributed by atoms with Crippen LogP contribution in [0.2, 0.25) is 0 Å². The number of aromatic amines is 1. The van der Waals surface area contributed by atoms with Crippen molar-refractivity contribution in [3.05, 3.63) is 34.5 Å². The molecule has 1 amide bonds. The fraction of sp³-hybridized carbons (Fsp3) is 0.571. The van der Waals surface area contributed by atoms with Gasteiger partial charge < -0.3 is 15.0 Å². The minimum Gasteiger partial charge on any atom is -0.379 e. The summed E-state index contributed by atoms with van der Waals surface area (Å²) >= 11 is 0. The van der Waals surface area contributed by atoms with E-state index in [-0.39, 0.29) is 11.9 Å². The number of morpholine rings is 1. The molecule has 2 N–H and O–H groups in total. The highest BCUT2D eigenvalue weighted by atomic mass is 16.5. The standard InChI is InChI=1S/C21H31N3O2/c1-5-17(13-24-6-8-26-9-7-24)23-20(25)12-18-16(4)22-21-15(3)10-14(2)11-19(18)21/h10-11,17,22H,5-9,12-13H2,1-4H3,(H,23,25). The third-order valence-corrected chi connectivity index (χ3v) is 5.35. The summed E-state index contributed by atoms with van der Waals surface area (Å²) in [4.78, 5) is 18.6. The van der Waals surface area contributed by atoms with Crippen LogP contribution in [0.3, 0.4) is 0 Å². The first-order chi connectivity index (χ1) is 12.5. The van der Waals surface area contributed by atoms with Crippen molar-refractivity contribution in [1.29, 1.82) is 0 Å². The van der Waals surface area contributed by atoms with Crippen LogP contribution in [0.5, 0.6) is 0 Å².